The van der Waals surface area contributed by atoms with Crippen LogP contribution in [0.3, 0.4) is 0 Å². The molecule has 0 spiro atoms. The molecule has 1 unspecified atom stereocenters. The first kappa shape index (κ1) is 13.6. The van der Waals surface area contributed by atoms with Crippen LogP contribution < -0.4 is 11.1 Å². The summed E-state index contributed by atoms with van der Waals surface area (Å²) in [5, 5.41) is 2.81. The molecule has 0 aliphatic carbocycles. The fourth-order valence-electron chi connectivity index (χ4n) is 1.69. The molecule has 0 radical (unpaired) electrons. The molecule has 0 bridgehead atoms. The van der Waals surface area contributed by atoms with Crippen LogP contribution in [-0.2, 0) is 11.2 Å². The molecule has 0 saturated carbocycles. The number of nitrogens with one attached hydrogen (secondary N) is 1. The predicted molar refractivity (Wildman–Crippen MR) is 66.0 cm³/mol. The highest BCUT2D eigenvalue weighted by molar-refractivity contribution is 5.78. The Kier molecular flexibility index (Phi) is 5.63. The summed E-state index contributed by atoms with van der Waals surface area (Å²) in [6.45, 7) is 2.45. The number of halogens is 1. The number of carbonyl (C=O) groups is 1. The van der Waals surface area contributed by atoms with Gasteiger partial charge in [-0.3, -0.25) is 4.79 Å². The summed E-state index contributed by atoms with van der Waals surface area (Å²) in [6, 6.07) is 6.29. The third kappa shape index (κ3) is 4.53. The molecular weight excluding hydrogens is 219 g/mol. The van der Waals surface area contributed by atoms with Gasteiger partial charge in [0, 0.05) is 12.6 Å². The van der Waals surface area contributed by atoms with Crippen LogP contribution in [-0.4, -0.2) is 18.5 Å². The van der Waals surface area contributed by atoms with Crippen molar-refractivity contribution >= 4 is 5.91 Å². The number of amides is 1. The smallest absolute Gasteiger partial charge is 0.224 e. The van der Waals surface area contributed by atoms with E-state index in [0.29, 0.717) is 12.1 Å². The molecule has 0 saturated heterocycles. The average Bonchev–Trinajstić information content (AvgIpc) is 2.31. The second kappa shape index (κ2) is 7.01. The highest BCUT2D eigenvalue weighted by atomic mass is 19.1. The molecule has 0 aromatic heterocycles. The maximum absolute atomic E-state index is 13.3. The standard InChI is InChI=1S/C13H19FN2O/c1-2-5-11(9-15)16-13(17)8-10-6-3-4-7-12(10)14/h3-4,6-7,11H,2,5,8-9,15H2,1H3,(H,16,17). The molecule has 4 heteroatoms. The molecule has 17 heavy (non-hydrogen) atoms. The average molecular weight is 238 g/mol. The molecule has 3 N–H and O–H groups in total. The Morgan fingerprint density at radius 2 is 2.18 bits per heavy atom. The van der Waals surface area contributed by atoms with Crippen LogP contribution in [0.5, 0.6) is 0 Å². The summed E-state index contributed by atoms with van der Waals surface area (Å²) >= 11 is 0. The summed E-state index contributed by atoms with van der Waals surface area (Å²) in [6.07, 6.45) is 1.87. The number of rotatable bonds is 6. The second-order valence-corrected chi connectivity index (χ2v) is 4.06. The third-order valence-corrected chi connectivity index (χ3v) is 2.60. The van der Waals surface area contributed by atoms with Crippen molar-refractivity contribution in [3.8, 4) is 0 Å². The maximum atomic E-state index is 13.3. The minimum Gasteiger partial charge on any atom is -0.352 e. The number of carbonyl (C=O) groups excluding carboxylic acids is 1. The summed E-state index contributed by atoms with van der Waals surface area (Å²) in [5.74, 6) is -0.526. The normalized spacial score (nSPS) is 12.2. The summed E-state index contributed by atoms with van der Waals surface area (Å²) < 4.78 is 13.3. The van der Waals surface area contributed by atoms with E-state index in [0.717, 1.165) is 12.8 Å². The fourth-order valence-corrected chi connectivity index (χ4v) is 1.69. The Morgan fingerprint density at radius 3 is 2.76 bits per heavy atom. The van der Waals surface area contributed by atoms with Gasteiger partial charge in [0.25, 0.3) is 0 Å². The third-order valence-electron chi connectivity index (χ3n) is 2.60. The first-order valence-electron chi connectivity index (χ1n) is 5.90. The van der Waals surface area contributed by atoms with E-state index >= 15 is 0 Å². The highest BCUT2D eigenvalue weighted by Gasteiger charge is 2.11. The number of nitrogens with two attached hydrogens (primary N) is 1. The molecule has 1 rings (SSSR count). The zero-order chi connectivity index (χ0) is 12.7. The summed E-state index contributed by atoms with van der Waals surface area (Å²) in [5.41, 5.74) is 5.96. The van der Waals surface area contributed by atoms with Crippen molar-refractivity contribution in [1.29, 1.82) is 0 Å². The number of hydrogen-bond donors (Lipinski definition) is 2. The Labute approximate surface area is 101 Å². The van der Waals surface area contributed by atoms with Crippen molar-refractivity contribution in [2.75, 3.05) is 6.54 Å². The molecule has 1 amide bonds. The number of benzene rings is 1. The van der Waals surface area contributed by atoms with Gasteiger partial charge >= 0.3 is 0 Å². The van der Waals surface area contributed by atoms with Crippen molar-refractivity contribution < 1.29 is 9.18 Å². The SMILES string of the molecule is CCCC(CN)NC(=O)Cc1ccccc1F. The molecule has 0 heterocycles. The van der Waals surface area contributed by atoms with Gasteiger partial charge in [-0.05, 0) is 18.1 Å². The zero-order valence-corrected chi connectivity index (χ0v) is 10.1. The van der Waals surface area contributed by atoms with Crippen molar-refractivity contribution in [3.63, 3.8) is 0 Å². The molecule has 1 aromatic carbocycles. The lowest BCUT2D eigenvalue weighted by Gasteiger charge is -2.15. The second-order valence-electron chi connectivity index (χ2n) is 4.06. The van der Waals surface area contributed by atoms with E-state index in [9.17, 15) is 9.18 Å². The first-order valence-corrected chi connectivity index (χ1v) is 5.90. The molecule has 94 valence electrons. The first-order chi connectivity index (χ1) is 8.17. The van der Waals surface area contributed by atoms with Crippen molar-refractivity contribution in [3.05, 3.63) is 35.6 Å². The van der Waals surface area contributed by atoms with Crippen LogP contribution in [0, 0.1) is 5.82 Å². The lowest BCUT2D eigenvalue weighted by Crippen LogP contribution is -2.40. The van der Waals surface area contributed by atoms with Gasteiger partial charge < -0.3 is 11.1 Å². The quantitative estimate of drug-likeness (QED) is 0.791. The zero-order valence-electron chi connectivity index (χ0n) is 10.1. The van der Waals surface area contributed by atoms with Crippen molar-refractivity contribution in [2.24, 2.45) is 5.73 Å². The number of hydrogen-bond acceptors (Lipinski definition) is 2. The topological polar surface area (TPSA) is 55.1 Å². The van der Waals surface area contributed by atoms with Gasteiger partial charge in [0.1, 0.15) is 5.82 Å². The molecular formula is C13H19FN2O. The molecule has 1 aromatic rings. The van der Waals surface area contributed by atoms with Gasteiger partial charge in [0.15, 0.2) is 0 Å². The highest BCUT2D eigenvalue weighted by Crippen LogP contribution is 2.07. The largest absolute Gasteiger partial charge is 0.352 e. The van der Waals surface area contributed by atoms with Crippen LogP contribution >= 0.6 is 0 Å². The van der Waals surface area contributed by atoms with Gasteiger partial charge in [-0.2, -0.15) is 0 Å². The van der Waals surface area contributed by atoms with E-state index in [2.05, 4.69) is 5.32 Å². The van der Waals surface area contributed by atoms with Crippen LogP contribution in [0.4, 0.5) is 4.39 Å². The molecule has 0 aliphatic heterocycles. The lowest BCUT2D eigenvalue weighted by molar-refractivity contribution is -0.121. The van der Waals surface area contributed by atoms with Crippen LogP contribution in [0.1, 0.15) is 25.3 Å². The van der Waals surface area contributed by atoms with Gasteiger partial charge in [-0.25, -0.2) is 4.39 Å². The van der Waals surface area contributed by atoms with E-state index in [4.69, 9.17) is 5.73 Å². The van der Waals surface area contributed by atoms with Gasteiger partial charge in [-0.15, -0.1) is 0 Å². The van der Waals surface area contributed by atoms with E-state index in [1.165, 1.54) is 6.07 Å². The van der Waals surface area contributed by atoms with Crippen LogP contribution in [0.25, 0.3) is 0 Å². The van der Waals surface area contributed by atoms with E-state index in [-0.39, 0.29) is 24.2 Å². The Hall–Kier alpha value is -1.42. The molecule has 0 fully saturated rings. The molecule has 1 atom stereocenters. The predicted octanol–water partition coefficient (Wildman–Crippen LogP) is 1.61. The van der Waals surface area contributed by atoms with Crippen LogP contribution in [0.2, 0.25) is 0 Å². The Morgan fingerprint density at radius 1 is 1.47 bits per heavy atom. The van der Waals surface area contributed by atoms with E-state index in [1.807, 2.05) is 6.92 Å². The van der Waals surface area contributed by atoms with Crippen LogP contribution in [0.15, 0.2) is 24.3 Å². The fraction of sp³-hybridized carbons (Fsp3) is 0.462. The summed E-state index contributed by atoms with van der Waals surface area (Å²) in [4.78, 5) is 11.7. The minimum atomic E-state index is -0.345. The van der Waals surface area contributed by atoms with E-state index in [1.54, 1.807) is 18.2 Å². The Bertz CT molecular complexity index is 368. The summed E-state index contributed by atoms with van der Waals surface area (Å²) in [7, 11) is 0. The van der Waals surface area contributed by atoms with Crippen molar-refractivity contribution in [2.45, 2.75) is 32.2 Å². The van der Waals surface area contributed by atoms with Gasteiger partial charge in [0.2, 0.25) is 5.91 Å². The van der Waals surface area contributed by atoms with Gasteiger partial charge in [-0.1, -0.05) is 31.5 Å². The maximum Gasteiger partial charge on any atom is 0.224 e. The minimum absolute atomic E-state index is 0.0146. The molecule has 3 nitrogen and oxygen atoms in total. The Balaban J connectivity index is 2.52. The lowest BCUT2D eigenvalue weighted by atomic mass is 10.1. The molecule has 0 aliphatic rings. The monoisotopic (exact) mass is 238 g/mol. The van der Waals surface area contributed by atoms with E-state index < -0.39 is 0 Å². The van der Waals surface area contributed by atoms with Gasteiger partial charge in [0.05, 0.1) is 6.42 Å². The van der Waals surface area contributed by atoms with Crippen molar-refractivity contribution in [1.82, 2.24) is 5.32 Å².